The lowest BCUT2D eigenvalue weighted by molar-refractivity contribution is -0.138. The number of carbonyl (C=O) groups excluding carboxylic acids is 1. The zero-order chi connectivity index (χ0) is 8.85. The standard InChI is InChI=1S/C6H11O4P/c1-5(2)6(7)10-3-4-11(8)9/h11H,1,3-4H2,2H3,(H,8,9). The van der Waals surface area contributed by atoms with Crippen LogP contribution in [0, 0.1) is 0 Å². The van der Waals surface area contributed by atoms with E-state index in [0.717, 1.165) is 0 Å². The van der Waals surface area contributed by atoms with Gasteiger partial charge in [0.15, 0.2) is 8.03 Å². The van der Waals surface area contributed by atoms with Crippen molar-refractivity contribution in [1.29, 1.82) is 0 Å². The Morgan fingerprint density at radius 1 is 1.73 bits per heavy atom. The summed E-state index contributed by atoms with van der Waals surface area (Å²) < 4.78 is 14.7. The fourth-order valence-electron chi connectivity index (χ4n) is 0.354. The SMILES string of the molecule is C=C(C)C(=O)OCC[PH](=O)O. The van der Waals surface area contributed by atoms with Crippen LogP contribution in [0.3, 0.4) is 0 Å². The van der Waals surface area contributed by atoms with Gasteiger partial charge in [-0.3, -0.25) is 4.57 Å². The van der Waals surface area contributed by atoms with E-state index >= 15 is 0 Å². The lowest BCUT2D eigenvalue weighted by Gasteiger charge is -2.00. The van der Waals surface area contributed by atoms with Crippen LogP contribution in [0.15, 0.2) is 12.2 Å². The molecule has 1 atom stereocenters. The summed E-state index contributed by atoms with van der Waals surface area (Å²) in [6.07, 6.45) is 0.0175. The number of carbonyl (C=O) groups is 1. The highest BCUT2D eigenvalue weighted by Crippen LogP contribution is 2.10. The smallest absolute Gasteiger partial charge is 0.333 e. The first-order valence-electron chi connectivity index (χ1n) is 3.08. The lowest BCUT2D eigenvalue weighted by Crippen LogP contribution is -2.07. The van der Waals surface area contributed by atoms with E-state index < -0.39 is 14.0 Å². The van der Waals surface area contributed by atoms with Crippen molar-refractivity contribution in [2.24, 2.45) is 0 Å². The molecular weight excluding hydrogens is 167 g/mol. The van der Waals surface area contributed by atoms with Crippen LogP contribution in [0.25, 0.3) is 0 Å². The van der Waals surface area contributed by atoms with Gasteiger partial charge in [0, 0.05) is 5.57 Å². The molecule has 0 amide bonds. The van der Waals surface area contributed by atoms with Crippen molar-refractivity contribution in [1.82, 2.24) is 0 Å². The van der Waals surface area contributed by atoms with Gasteiger partial charge >= 0.3 is 5.97 Å². The molecule has 0 saturated heterocycles. The van der Waals surface area contributed by atoms with Crippen molar-refractivity contribution in [3.63, 3.8) is 0 Å². The summed E-state index contributed by atoms with van der Waals surface area (Å²) in [4.78, 5) is 19.0. The van der Waals surface area contributed by atoms with Crippen LogP contribution in [0.5, 0.6) is 0 Å². The Hall–Kier alpha value is -0.600. The molecule has 0 fully saturated rings. The van der Waals surface area contributed by atoms with Crippen LogP contribution >= 0.6 is 8.03 Å². The van der Waals surface area contributed by atoms with Gasteiger partial charge in [0.2, 0.25) is 0 Å². The highest BCUT2D eigenvalue weighted by Gasteiger charge is 2.02. The monoisotopic (exact) mass is 178 g/mol. The van der Waals surface area contributed by atoms with Gasteiger partial charge in [-0.15, -0.1) is 0 Å². The summed E-state index contributed by atoms with van der Waals surface area (Å²) in [6, 6.07) is 0. The Morgan fingerprint density at radius 2 is 2.27 bits per heavy atom. The summed E-state index contributed by atoms with van der Waals surface area (Å²) in [5.74, 6) is -0.520. The fraction of sp³-hybridized carbons (Fsp3) is 0.500. The summed E-state index contributed by atoms with van der Waals surface area (Å²) in [7, 11) is -2.51. The van der Waals surface area contributed by atoms with E-state index in [0.29, 0.717) is 5.57 Å². The van der Waals surface area contributed by atoms with Gasteiger partial charge in [0.05, 0.1) is 6.16 Å². The maximum absolute atomic E-state index is 10.6. The molecule has 0 bridgehead atoms. The quantitative estimate of drug-likeness (QED) is 0.388. The molecule has 0 rings (SSSR count). The number of rotatable bonds is 4. The van der Waals surface area contributed by atoms with E-state index in [1.807, 2.05) is 0 Å². The topological polar surface area (TPSA) is 63.6 Å². The van der Waals surface area contributed by atoms with Crippen LogP contribution < -0.4 is 0 Å². The van der Waals surface area contributed by atoms with Gasteiger partial charge in [0.1, 0.15) is 6.61 Å². The molecule has 0 radical (unpaired) electrons. The Balaban J connectivity index is 3.47. The maximum atomic E-state index is 10.6. The third kappa shape index (κ3) is 5.83. The molecule has 64 valence electrons. The first-order valence-corrected chi connectivity index (χ1v) is 4.64. The average molecular weight is 178 g/mol. The minimum atomic E-state index is -2.51. The molecule has 1 unspecified atom stereocenters. The highest BCUT2D eigenvalue weighted by atomic mass is 31.1. The van der Waals surface area contributed by atoms with Gasteiger partial charge in [-0.2, -0.15) is 0 Å². The van der Waals surface area contributed by atoms with Crippen molar-refractivity contribution >= 4 is 14.0 Å². The van der Waals surface area contributed by atoms with Crippen molar-refractivity contribution in [2.45, 2.75) is 6.92 Å². The van der Waals surface area contributed by atoms with Crippen molar-refractivity contribution < 1.29 is 19.0 Å². The molecule has 0 saturated carbocycles. The lowest BCUT2D eigenvalue weighted by atomic mass is 10.4. The predicted octanol–water partition coefficient (Wildman–Crippen LogP) is 0.573. The normalized spacial score (nSPS) is 12.2. The van der Waals surface area contributed by atoms with Gasteiger partial charge < -0.3 is 9.63 Å². The Labute approximate surface area is 65.7 Å². The van der Waals surface area contributed by atoms with E-state index in [1.54, 1.807) is 0 Å². The largest absolute Gasteiger partial charge is 0.462 e. The second-order valence-corrected chi connectivity index (χ2v) is 3.35. The molecule has 11 heavy (non-hydrogen) atoms. The fourth-order valence-corrected chi connectivity index (χ4v) is 0.631. The molecule has 0 heterocycles. The van der Waals surface area contributed by atoms with E-state index in [4.69, 9.17) is 4.89 Å². The molecule has 4 nitrogen and oxygen atoms in total. The Bertz CT molecular complexity index is 187. The number of hydrogen-bond donors (Lipinski definition) is 1. The van der Waals surface area contributed by atoms with Crippen LogP contribution in [-0.4, -0.2) is 23.6 Å². The predicted molar refractivity (Wildman–Crippen MR) is 41.9 cm³/mol. The van der Waals surface area contributed by atoms with E-state index in [9.17, 15) is 9.36 Å². The maximum Gasteiger partial charge on any atom is 0.333 e. The summed E-state index contributed by atoms with van der Waals surface area (Å²) in [6.45, 7) is 4.85. The van der Waals surface area contributed by atoms with Crippen LogP contribution in [0.1, 0.15) is 6.92 Å². The molecule has 0 spiro atoms. The molecule has 0 aliphatic heterocycles. The molecule has 5 heteroatoms. The second kappa shape index (κ2) is 5.10. The summed E-state index contributed by atoms with van der Waals surface area (Å²) in [5.41, 5.74) is 0.294. The van der Waals surface area contributed by atoms with E-state index in [-0.39, 0.29) is 12.8 Å². The molecule has 0 aliphatic carbocycles. The van der Waals surface area contributed by atoms with Gasteiger partial charge in [0.25, 0.3) is 0 Å². The number of esters is 1. The second-order valence-electron chi connectivity index (χ2n) is 2.06. The minimum Gasteiger partial charge on any atom is -0.462 e. The first kappa shape index (κ1) is 10.4. The molecule has 1 N–H and O–H groups in total. The molecule has 0 aliphatic rings. The molecule has 0 aromatic carbocycles. The molecule has 0 aromatic rings. The highest BCUT2D eigenvalue weighted by molar-refractivity contribution is 7.38. The van der Waals surface area contributed by atoms with E-state index in [1.165, 1.54) is 6.92 Å². The summed E-state index contributed by atoms with van der Waals surface area (Å²) in [5, 5.41) is 0. The van der Waals surface area contributed by atoms with Crippen molar-refractivity contribution in [3.8, 4) is 0 Å². The Kier molecular flexibility index (Phi) is 4.83. The third-order valence-corrected chi connectivity index (χ3v) is 1.53. The van der Waals surface area contributed by atoms with Crippen molar-refractivity contribution in [2.75, 3.05) is 12.8 Å². The number of ether oxygens (including phenoxy) is 1. The van der Waals surface area contributed by atoms with Gasteiger partial charge in [-0.25, -0.2) is 4.79 Å². The molecule has 0 aromatic heterocycles. The van der Waals surface area contributed by atoms with Crippen LogP contribution in [0.2, 0.25) is 0 Å². The Morgan fingerprint density at radius 3 is 2.64 bits per heavy atom. The third-order valence-electron chi connectivity index (χ3n) is 0.898. The minimum absolute atomic E-state index is 0.0139. The van der Waals surface area contributed by atoms with Crippen LogP contribution in [0.4, 0.5) is 0 Å². The zero-order valence-electron chi connectivity index (χ0n) is 6.29. The molecular formula is C6H11O4P. The van der Waals surface area contributed by atoms with Crippen molar-refractivity contribution in [3.05, 3.63) is 12.2 Å². The zero-order valence-corrected chi connectivity index (χ0v) is 7.29. The van der Waals surface area contributed by atoms with E-state index in [2.05, 4.69) is 11.3 Å². The van der Waals surface area contributed by atoms with Gasteiger partial charge in [-0.1, -0.05) is 6.58 Å². The average Bonchev–Trinajstić information content (AvgIpc) is 1.86. The van der Waals surface area contributed by atoms with Crippen LogP contribution in [-0.2, 0) is 14.1 Å². The summed E-state index contributed by atoms with van der Waals surface area (Å²) >= 11 is 0. The first-order chi connectivity index (χ1) is 5.04. The number of hydrogen-bond acceptors (Lipinski definition) is 3. The van der Waals surface area contributed by atoms with Gasteiger partial charge in [-0.05, 0) is 6.92 Å².